The molecule has 0 saturated carbocycles. The van der Waals surface area contributed by atoms with E-state index in [1.54, 1.807) is 18.7 Å². The zero-order chi connectivity index (χ0) is 24.5. The average molecular weight is 469 g/mol. The largest absolute Gasteiger partial charge is 0.481 e. The zero-order valence-electron chi connectivity index (χ0n) is 18.8. The first-order valence-electron chi connectivity index (χ1n) is 10.9. The Balaban J connectivity index is 0.000000308. The van der Waals surface area contributed by atoms with E-state index in [0.29, 0.717) is 30.0 Å². The summed E-state index contributed by atoms with van der Waals surface area (Å²) in [4.78, 5) is 28.0. The van der Waals surface area contributed by atoms with E-state index in [4.69, 9.17) is 15.3 Å². The van der Waals surface area contributed by atoms with E-state index in [9.17, 15) is 4.79 Å². The summed E-state index contributed by atoms with van der Waals surface area (Å²) in [6, 6.07) is 21.1. The van der Waals surface area contributed by atoms with Crippen molar-refractivity contribution in [1.82, 2.24) is 19.9 Å². The third-order valence-electron chi connectivity index (χ3n) is 4.97. The second-order valence-electron chi connectivity index (χ2n) is 7.45. The molecular weight excluding hydrogens is 444 g/mol. The number of aliphatic carboxylic acids is 1. The van der Waals surface area contributed by atoms with Gasteiger partial charge in [0.1, 0.15) is 24.3 Å². The van der Waals surface area contributed by atoms with Crippen LogP contribution in [0.4, 0.5) is 5.82 Å². The van der Waals surface area contributed by atoms with Crippen LogP contribution in [0.15, 0.2) is 89.8 Å². The normalized spacial score (nSPS) is 10.4. The van der Waals surface area contributed by atoms with Crippen LogP contribution in [0, 0.1) is 0 Å². The molecule has 35 heavy (non-hydrogen) atoms. The Labute approximate surface area is 201 Å². The van der Waals surface area contributed by atoms with Crippen molar-refractivity contribution in [3.8, 4) is 11.1 Å². The highest BCUT2D eigenvalue weighted by molar-refractivity contribution is 5.99. The van der Waals surface area contributed by atoms with E-state index < -0.39 is 5.97 Å². The SMILES string of the molecule is NCc1ccccn1.O=C(O)Cc1nc(NCc2ccccn2)c2c(-c3ccccc3)coc2n1. The fraction of sp³-hybridized carbons (Fsp3) is 0.115. The van der Waals surface area contributed by atoms with Crippen molar-refractivity contribution < 1.29 is 14.3 Å². The van der Waals surface area contributed by atoms with E-state index in [2.05, 4.69) is 25.3 Å². The van der Waals surface area contributed by atoms with Gasteiger partial charge < -0.3 is 20.6 Å². The number of fused-ring (bicyclic) bond motifs is 1. The summed E-state index contributed by atoms with van der Waals surface area (Å²) in [6.07, 6.45) is 4.79. The molecule has 5 rings (SSSR count). The number of benzene rings is 1. The molecule has 4 aromatic heterocycles. The summed E-state index contributed by atoms with van der Waals surface area (Å²) in [7, 11) is 0. The molecule has 0 bridgehead atoms. The molecule has 4 N–H and O–H groups in total. The van der Waals surface area contributed by atoms with Gasteiger partial charge in [-0.1, -0.05) is 42.5 Å². The van der Waals surface area contributed by atoms with Crippen molar-refractivity contribution >= 4 is 22.9 Å². The molecule has 4 heterocycles. The van der Waals surface area contributed by atoms with Crippen molar-refractivity contribution in [1.29, 1.82) is 0 Å². The zero-order valence-corrected chi connectivity index (χ0v) is 18.8. The van der Waals surface area contributed by atoms with E-state index in [-0.39, 0.29) is 12.2 Å². The minimum absolute atomic E-state index is 0.187. The maximum absolute atomic E-state index is 11.1. The number of carboxylic acid groups (broad SMARTS) is 1. The Morgan fingerprint density at radius 1 is 0.914 bits per heavy atom. The van der Waals surface area contributed by atoms with Crippen molar-refractivity contribution in [2.45, 2.75) is 19.5 Å². The van der Waals surface area contributed by atoms with Gasteiger partial charge >= 0.3 is 5.97 Å². The molecule has 0 atom stereocenters. The molecular formula is C26H24N6O3. The fourth-order valence-electron chi connectivity index (χ4n) is 3.35. The van der Waals surface area contributed by atoms with Gasteiger partial charge in [0, 0.05) is 24.5 Å². The number of nitrogens with zero attached hydrogens (tertiary/aromatic N) is 4. The number of nitrogens with one attached hydrogen (secondary N) is 1. The van der Waals surface area contributed by atoms with Crippen LogP contribution >= 0.6 is 0 Å². The summed E-state index contributed by atoms with van der Waals surface area (Å²) in [5, 5.41) is 13.0. The molecule has 0 aliphatic rings. The summed E-state index contributed by atoms with van der Waals surface area (Å²) < 4.78 is 5.62. The molecule has 0 fully saturated rings. The van der Waals surface area contributed by atoms with Crippen molar-refractivity contribution in [3.63, 3.8) is 0 Å². The van der Waals surface area contributed by atoms with Crippen LogP contribution in [0.1, 0.15) is 17.2 Å². The smallest absolute Gasteiger partial charge is 0.311 e. The molecule has 176 valence electrons. The highest BCUT2D eigenvalue weighted by Crippen LogP contribution is 2.34. The van der Waals surface area contributed by atoms with Gasteiger partial charge in [-0.25, -0.2) is 4.98 Å². The third-order valence-corrected chi connectivity index (χ3v) is 4.97. The lowest BCUT2D eigenvalue weighted by atomic mass is 10.1. The number of pyridine rings is 2. The fourth-order valence-corrected chi connectivity index (χ4v) is 3.35. The molecule has 0 saturated heterocycles. The molecule has 0 unspecified atom stereocenters. The average Bonchev–Trinajstić information content (AvgIpc) is 3.33. The first-order chi connectivity index (χ1) is 17.1. The first-order valence-corrected chi connectivity index (χ1v) is 10.9. The van der Waals surface area contributed by atoms with Gasteiger partial charge in [0.05, 0.1) is 23.3 Å². The van der Waals surface area contributed by atoms with Crippen molar-refractivity contribution in [2.75, 3.05) is 5.32 Å². The van der Waals surface area contributed by atoms with E-state index in [1.807, 2.05) is 66.7 Å². The topological polar surface area (TPSA) is 140 Å². The molecule has 0 aliphatic heterocycles. The first kappa shape index (κ1) is 23.5. The summed E-state index contributed by atoms with van der Waals surface area (Å²) in [6.45, 7) is 0.972. The van der Waals surface area contributed by atoms with Crippen LogP contribution in [0.3, 0.4) is 0 Å². The summed E-state index contributed by atoms with van der Waals surface area (Å²) in [5.41, 5.74) is 9.22. The van der Waals surface area contributed by atoms with Crippen LogP contribution < -0.4 is 11.1 Å². The second-order valence-corrected chi connectivity index (χ2v) is 7.45. The number of carboxylic acids is 1. The minimum atomic E-state index is -1.00. The molecule has 0 aliphatic carbocycles. The van der Waals surface area contributed by atoms with Gasteiger partial charge in [-0.2, -0.15) is 4.98 Å². The Kier molecular flexibility index (Phi) is 7.72. The second kappa shape index (κ2) is 11.5. The quantitative estimate of drug-likeness (QED) is 0.322. The van der Waals surface area contributed by atoms with Gasteiger partial charge in [-0.3, -0.25) is 14.8 Å². The highest BCUT2D eigenvalue weighted by Gasteiger charge is 2.18. The maximum Gasteiger partial charge on any atom is 0.311 e. The number of aromatic nitrogens is 4. The van der Waals surface area contributed by atoms with Crippen LogP contribution in [-0.4, -0.2) is 31.0 Å². The van der Waals surface area contributed by atoms with Crippen LogP contribution in [0.5, 0.6) is 0 Å². The van der Waals surface area contributed by atoms with Gasteiger partial charge in [-0.15, -0.1) is 0 Å². The Morgan fingerprint density at radius 3 is 2.20 bits per heavy atom. The maximum atomic E-state index is 11.1. The lowest BCUT2D eigenvalue weighted by Crippen LogP contribution is -2.09. The molecule has 5 aromatic rings. The molecule has 1 aromatic carbocycles. The molecule has 9 nitrogen and oxygen atoms in total. The molecule has 0 spiro atoms. The summed E-state index contributed by atoms with van der Waals surface area (Å²) >= 11 is 0. The predicted molar refractivity (Wildman–Crippen MR) is 132 cm³/mol. The summed E-state index contributed by atoms with van der Waals surface area (Å²) in [5.74, 6) is -0.290. The molecule has 0 amide bonds. The standard InChI is InChI=1S/C20H16N4O3.C6H8N2/c25-17(26)10-16-23-19(22-11-14-8-4-5-9-21-14)18-15(12-27-20(18)24-16)13-6-2-1-3-7-13;7-5-6-3-1-2-4-8-6/h1-9,12H,10-11H2,(H,25,26)(H,22,23,24);1-4H,5,7H2. The van der Waals surface area contributed by atoms with Gasteiger partial charge in [0.15, 0.2) is 0 Å². The highest BCUT2D eigenvalue weighted by atomic mass is 16.4. The number of hydrogen-bond donors (Lipinski definition) is 3. The Hall–Kier alpha value is -4.63. The third kappa shape index (κ3) is 6.24. The number of furan rings is 1. The number of carbonyl (C=O) groups is 1. The van der Waals surface area contributed by atoms with Crippen molar-refractivity contribution in [3.05, 3.63) is 103 Å². The van der Waals surface area contributed by atoms with Gasteiger partial charge in [-0.05, 0) is 29.8 Å². The lowest BCUT2D eigenvalue weighted by Gasteiger charge is -2.09. The Morgan fingerprint density at radius 2 is 1.60 bits per heavy atom. The van der Waals surface area contributed by atoms with Crippen LogP contribution in [0.25, 0.3) is 22.2 Å². The van der Waals surface area contributed by atoms with Gasteiger partial charge in [0.2, 0.25) is 5.71 Å². The number of rotatable bonds is 7. The Bertz CT molecular complexity index is 1380. The van der Waals surface area contributed by atoms with E-state index in [0.717, 1.165) is 22.5 Å². The number of anilines is 1. The molecule has 9 heteroatoms. The molecule has 0 radical (unpaired) electrons. The van der Waals surface area contributed by atoms with Crippen LogP contribution in [-0.2, 0) is 24.3 Å². The number of hydrogen-bond acceptors (Lipinski definition) is 8. The number of nitrogens with two attached hydrogens (primary N) is 1. The minimum Gasteiger partial charge on any atom is -0.481 e. The van der Waals surface area contributed by atoms with E-state index >= 15 is 0 Å². The predicted octanol–water partition coefficient (Wildman–Crippen LogP) is 4.06. The van der Waals surface area contributed by atoms with Gasteiger partial charge in [0.25, 0.3) is 0 Å². The monoisotopic (exact) mass is 468 g/mol. The van der Waals surface area contributed by atoms with E-state index in [1.165, 1.54) is 0 Å². The van der Waals surface area contributed by atoms with Crippen molar-refractivity contribution in [2.24, 2.45) is 5.73 Å². The lowest BCUT2D eigenvalue weighted by molar-refractivity contribution is -0.136. The van der Waals surface area contributed by atoms with Crippen LogP contribution in [0.2, 0.25) is 0 Å².